The molecule has 0 spiro atoms. The second-order valence-electron chi connectivity index (χ2n) is 9.15. The topological polar surface area (TPSA) is 9.23 Å². The molecular weight excluding hydrogens is 509 g/mol. The number of benzene rings is 4. The Kier molecular flexibility index (Phi) is 8.29. The van der Waals surface area contributed by atoms with Gasteiger partial charge in [0.05, 0.1) is 0 Å². The molecule has 1 nitrogen and oxygen atoms in total. The summed E-state index contributed by atoms with van der Waals surface area (Å²) in [6.07, 6.45) is -2.97. The zero-order chi connectivity index (χ0) is 27.4. The van der Waals surface area contributed by atoms with Gasteiger partial charge in [-0.15, -0.1) is 0 Å². The van der Waals surface area contributed by atoms with Gasteiger partial charge in [-0.05, 0) is 84.0 Å². The van der Waals surface area contributed by atoms with Crippen LogP contribution in [0.15, 0.2) is 60.7 Å². The minimum atomic E-state index is -4.57. The summed E-state index contributed by atoms with van der Waals surface area (Å²) in [6.45, 7) is 0.235. The highest BCUT2D eigenvalue weighted by atomic mass is 19.4. The van der Waals surface area contributed by atoms with E-state index in [4.69, 9.17) is 0 Å². The maximum absolute atomic E-state index is 15.2. The van der Waals surface area contributed by atoms with Crippen molar-refractivity contribution in [2.24, 2.45) is 0 Å². The summed E-state index contributed by atoms with van der Waals surface area (Å²) in [5, 5.41) is 1.03. The highest BCUT2D eigenvalue weighted by Crippen LogP contribution is 2.27. The van der Waals surface area contributed by atoms with Crippen LogP contribution >= 0.6 is 0 Å². The van der Waals surface area contributed by atoms with E-state index < -0.39 is 41.8 Å². The molecule has 0 aliphatic rings. The first-order valence-corrected chi connectivity index (χ1v) is 12.2. The standard InChI is InChI=1S/C30H25F7O/c1-2-18-14-25(31)24(26(32)15-18)11-5-19-4-10-23-22(13-19)9-8-21(29(23)34)7-3-20-6-12-28(27(33)16-20)38-17-30(35,36)37/h4,6,8-10,12-16H,2-3,5,7,11,17H2,1H3. The maximum atomic E-state index is 15.2. The number of rotatable bonds is 9. The number of hydrogen-bond acceptors (Lipinski definition) is 1. The number of fused-ring (bicyclic) bond motifs is 1. The molecule has 0 amide bonds. The molecule has 0 bridgehead atoms. The van der Waals surface area contributed by atoms with Crippen LogP contribution in [0.4, 0.5) is 30.7 Å². The third-order valence-corrected chi connectivity index (χ3v) is 6.44. The lowest BCUT2D eigenvalue weighted by Crippen LogP contribution is -2.19. The number of halogens is 7. The molecule has 0 N–H and O–H groups in total. The third kappa shape index (κ3) is 6.65. The zero-order valence-corrected chi connectivity index (χ0v) is 20.6. The van der Waals surface area contributed by atoms with Crippen molar-refractivity contribution in [3.05, 3.63) is 112 Å². The van der Waals surface area contributed by atoms with Gasteiger partial charge in [0, 0.05) is 10.9 Å². The summed E-state index contributed by atoms with van der Waals surface area (Å²) in [4.78, 5) is 0. The number of hydrogen-bond donors (Lipinski definition) is 0. The first-order chi connectivity index (χ1) is 18.0. The minimum absolute atomic E-state index is 0.0280. The van der Waals surface area contributed by atoms with E-state index in [1.165, 1.54) is 18.2 Å². The maximum Gasteiger partial charge on any atom is 0.422 e. The molecular formula is C30H25F7O. The molecule has 0 saturated heterocycles. The van der Waals surface area contributed by atoms with E-state index in [2.05, 4.69) is 4.74 Å². The SMILES string of the molecule is CCc1cc(F)c(CCc2ccc3c(F)c(CCc4ccc(OCC(F)(F)F)c(F)c4)ccc3c2)c(F)c1. The smallest absolute Gasteiger partial charge is 0.422 e. The van der Waals surface area contributed by atoms with Crippen molar-refractivity contribution in [2.75, 3.05) is 6.61 Å². The molecule has 200 valence electrons. The zero-order valence-electron chi connectivity index (χ0n) is 20.6. The summed E-state index contributed by atoms with van der Waals surface area (Å²) in [6, 6.07) is 14.9. The molecule has 0 aliphatic heterocycles. The Morgan fingerprint density at radius 2 is 1.29 bits per heavy atom. The molecule has 0 radical (unpaired) electrons. The molecule has 8 heteroatoms. The van der Waals surface area contributed by atoms with E-state index in [0.29, 0.717) is 40.3 Å². The van der Waals surface area contributed by atoms with E-state index in [-0.39, 0.29) is 24.8 Å². The average molecular weight is 535 g/mol. The first-order valence-electron chi connectivity index (χ1n) is 12.2. The Hall–Kier alpha value is -3.55. The fourth-order valence-electron chi connectivity index (χ4n) is 4.36. The third-order valence-electron chi connectivity index (χ3n) is 6.44. The van der Waals surface area contributed by atoms with Crippen molar-refractivity contribution in [2.45, 2.75) is 45.2 Å². The molecule has 38 heavy (non-hydrogen) atoms. The largest absolute Gasteiger partial charge is 0.481 e. The van der Waals surface area contributed by atoms with E-state index in [1.807, 2.05) is 6.92 Å². The molecule has 0 heterocycles. The molecule has 0 aliphatic carbocycles. The van der Waals surface area contributed by atoms with Gasteiger partial charge in [-0.2, -0.15) is 13.2 Å². The Labute approximate surface area is 215 Å². The van der Waals surface area contributed by atoms with E-state index in [1.54, 1.807) is 30.3 Å². The summed E-state index contributed by atoms with van der Waals surface area (Å²) in [7, 11) is 0. The van der Waals surface area contributed by atoms with E-state index in [9.17, 15) is 26.3 Å². The molecule has 4 rings (SSSR count). The van der Waals surface area contributed by atoms with Gasteiger partial charge in [0.25, 0.3) is 0 Å². The van der Waals surface area contributed by atoms with E-state index in [0.717, 1.165) is 17.7 Å². The van der Waals surface area contributed by atoms with Gasteiger partial charge >= 0.3 is 6.18 Å². The Morgan fingerprint density at radius 3 is 1.95 bits per heavy atom. The van der Waals surface area contributed by atoms with Crippen LogP contribution in [0.3, 0.4) is 0 Å². The van der Waals surface area contributed by atoms with Crippen LogP contribution in [0, 0.1) is 23.3 Å². The number of ether oxygens (including phenoxy) is 1. The van der Waals surface area contributed by atoms with Crippen LogP contribution in [0.1, 0.15) is 34.7 Å². The lowest BCUT2D eigenvalue weighted by Gasteiger charge is -2.12. The molecule has 4 aromatic rings. The number of alkyl halides is 3. The van der Waals surface area contributed by atoms with Crippen molar-refractivity contribution in [1.82, 2.24) is 0 Å². The van der Waals surface area contributed by atoms with Gasteiger partial charge in [-0.3, -0.25) is 0 Å². The van der Waals surface area contributed by atoms with Crippen molar-refractivity contribution < 1.29 is 35.5 Å². The predicted octanol–water partition coefficient (Wildman–Crippen LogP) is 8.47. The monoisotopic (exact) mass is 534 g/mol. The average Bonchev–Trinajstić information content (AvgIpc) is 2.86. The molecule has 0 unspecified atom stereocenters. The van der Waals surface area contributed by atoms with Crippen LogP contribution < -0.4 is 4.74 Å². The fraction of sp³-hybridized carbons (Fsp3) is 0.267. The quantitative estimate of drug-likeness (QED) is 0.196. The molecule has 0 fully saturated rings. The van der Waals surface area contributed by atoms with Gasteiger partial charge in [0.15, 0.2) is 18.2 Å². The first kappa shape index (κ1) is 27.5. The molecule has 0 saturated carbocycles. The highest BCUT2D eigenvalue weighted by molar-refractivity contribution is 5.84. The van der Waals surface area contributed by atoms with Crippen LogP contribution in [0.25, 0.3) is 10.8 Å². The predicted molar refractivity (Wildman–Crippen MR) is 132 cm³/mol. The van der Waals surface area contributed by atoms with Gasteiger partial charge in [0.1, 0.15) is 17.5 Å². The summed E-state index contributed by atoms with van der Waals surface area (Å²) in [5.41, 5.74) is 2.33. The summed E-state index contributed by atoms with van der Waals surface area (Å²) in [5.74, 6) is -2.98. The van der Waals surface area contributed by atoms with Crippen LogP contribution in [0.5, 0.6) is 5.75 Å². The van der Waals surface area contributed by atoms with Gasteiger partial charge in [0.2, 0.25) is 0 Å². The fourth-order valence-corrected chi connectivity index (χ4v) is 4.36. The lowest BCUT2D eigenvalue weighted by molar-refractivity contribution is -0.153. The highest BCUT2D eigenvalue weighted by Gasteiger charge is 2.29. The van der Waals surface area contributed by atoms with Crippen molar-refractivity contribution >= 4 is 10.8 Å². The minimum Gasteiger partial charge on any atom is -0.481 e. The summed E-state index contributed by atoms with van der Waals surface area (Å²) >= 11 is 0. The second-order valence-corrected chi connectivity index (χ2v) is 9.15. The Morgan fingerprint density at radius 1 is 0.658 bits per heavy atom. The van der Waals surface area contributed by atoms with E-state index >= 15 is 4.39 Å². The van der Waals surface area contributed by atoms with Crippen molar-refractivity contribution in [1.29, 1.82) is 0 Å². The normalized spacial score (nSPS) is 11.8. The van der Waals surface area contributed by atoms with Crippen LogP contribution in [-0.4, -0.2) is 12.8 Å². The number of aryl methyl sites for hydroxylation is 4. The molecule has 4 aromatic carbocycles. The lowest BCUT2D eigenvalue weighted by atomic mass is 9.96. The molecule has 0 aromatic heterocycles. The second kappa shape index (κ2) is 11.5. The van der Waals surface area contributed by atoms with Crippen LogP contribution in [-0.2, 0) is 32.1 Å². The van der Waals surface area contributed by atoms with Gasteiger partial charge < -0.3 is 4.74 Å². The summed E-state index contributed by atoms with van der Waals surface area (Å²) < 4.78 is 99.2. The Balaban J connectivity index is 1.42. The molecule has 0 atom stereocenters. The Bertz CT molecular complexity index is 1420. The van der Waals surface area contributed by atoms with Crippen LogP contribution in [0.2, 0.25) is 0 Å². The van der Waals surface area contributed by atoms with Gasteiger partial charge in [-0.25, -0.2) is 17.6 Å². The van der Waals surface area contributed by atoms with Gasteiger partial charge in [-0.1, -0.05) is 43.3 Å². The van der Waals surface area contributed by atoms with Crippen molar-refractivity contribution in [3.63, 3.8) is 0 Å². The van der Waals surface area contributed by atoms with Crippen molar-refractivity contribution in [3.8, 4) is 5.75 Å².